The Balaban J connectivity index is 1.94. The lowest BCUT2D eigenvalue weighted by molar-refractivity contribution is -0.111. The second kappa shape index (κ2) is 8.09. The van der Waals surface area contributed by atoms with E-state index < -0.39 is 6.09 Å². The first-order chi connectivity index (χ1) is 11.1. The Hall–Kier alpha value is -2.67. The van der Waals surface area contributed by atoms with Gasteiger partial charge in [0.25, 0.3) is 0 Å². The summed E-state index contributed by atoms with van der Waals surface area (Å²) in [6.07, 6.45) is 4.34. The molecule has 6 nitrogen and oxygen atoms in total. The predicted octanol–water partition coefficient (Wildman–Crippen LogP) is 3.39. The van der Waals surface area contributed by atoms with E-state index >= 15 is 0 Å². The van der Waals surface area contributed by atoms with E-state index in [0.717, 1.165) is 5.01 Å². The van der Waals surface area contributed by atoms with E-state index in [2.05, 4.69) is 10.3 Å². The lowest BCUT2D eigenvalue weighted by atomic mass is 10.2. The molecule has 0 saturated heterocycles. The van der Waals surface area contributed by atoms with Crippen molar-refractivity contribution in [2.24, 2.45) is 0 Å². The number of ether oxygens (including phenoxy) is 1. The highest BCUT2D eigenvalue weighted by atomic mass is 32.1. The van der Waals surface area contributed by atoms with E-state index in [1.165, 1.54) is 22.3 Å². The van der Waals surface area contributed by atoms with Gasteiger partial charge in [0.15, 0.2) is 0 Å². The Morgan fingerprint density at radius 3 is 2.70 bits per heavy atom. The number of carbonyl (C=O) groups excluding carboxylic acids is 2. The smallest absolute Gasteiger partial charge is 0.413 e. The lowest BCUT2D eigenvalue weighted by Gasteiger charge is -2.16. The molecule has 23 heavy (non-hydrogen) atoms. The highest BCUT2D eigenvalue weighted by Gasteiger charge is 2.11. The van der Waals surface area contributed by atoms with Crippen molar-refractivity contribution in [2.75, 3.05) is 23.9 Å². The first-order valence-electron chi connectivity index (χ1n) is 6.99. The largest absolute Gasteiger partial charge is 0.449 e. The van der Waals surface area contributed by atoms with Gasteiger partial charge in [0, 0.05) is 36.1 Å². The summed E-state index contributed by atoms with van der Waals surface area (Å²) in [5.74, 6) is -0.244. The molecule has 1 N–H and O–H groups in total. The van der Waals surface area contributed by atoms with Crippen LogP contribution in [0.3, 0.4) is 0 Å². The van der Waals surface area contributed by atoms with Crippen LogP contribution in [0.15, 0.2) is 41.9 Å². The second-order valence-corrected chi connectivity index (χ2v) is 5.42. The molecule has 0 aliphatic heterocycles. The van der Waals surface area contributed by atoms with Crippen molar-refractivity contribution in [1.29, 1.82) is 0 Å². The molecule has 0 bridgehead atoms. The Bertz CT molecular complexity index is 681. The first-order valence-corrected chi connectivity index (χ1v) is 7.87. The highest BCUT2D eigenvalue weighted by molar-refractivity contribution is 7.10. The normalized spacial score (nSPS) is 10.5. The maximum atomic E-state index is 11.8. The van der Waals surface area contributed by atoms with Crippen LogP contribution >= 0.6 is 11.3 Å². The molecule has 1 aromatic carbocycles. The molecule has 0 atom stereocenters. The number of aromatic nitrogens is 1. The van der Waals surface area contributed by atoms with Gasteiger partial charge in [0.1, 0.15) is 5.01 Å². The molecule has 120 valence electrons. The number of nitrogens with zero attached hydrogens (tertiary/aromatic N) is 2. The van der Waals surface area contributed by atoms with Gasteiger partial charge in [-0.2, -0.15) is 0 Å². The molecule has 7 heteroatoms. The van der Waals surface area contributed by atoms with Gasteiger partial charge in [-0.05, 0) is 37.3 Å². The topological polar surface area (TPSA) is 71.5 Å². The Morgan fingerprint density at radius 1 is 1.35 bits per heavy atom. The molecule has 0 spiro atoms. The summed E-state index contributed by atoms with van der Waals surface area (Å²) in [7, 11) is 1.63. The quantitative estimate of drug-likeness (QED) is 0.853. The maximum absolute atomic E-state index is 11.8. The van der Waals surface area contributed by atoms with Gasteiger partial charge < -0.3 is 10.1 Å². The van der Waals surface area contributed by atoms with Crippen molar-refractivity contribution in [1.82, 2.24) is 4.98 Å². The minimum atomic E-state index is -0.421. The third-order valence-corrected chi connectivity index (χ3v) is 3.63. The molecule has 0 fully saturated rings. The summed E-state index contributed by atoms with van der Waals surface area (Å²) in [6.45, 7) is 2.08. The third-order valence-electron chi connectivity index (χ3n) is 2.89. The zero-order valence-corrected chi connectivity index (χ0v) is 13.7. The van der Waals surface area contributed by atoms with Crippen LogP contribution in [0.4, 0.5) is 16.2 Å². The summed E-state index contributed by atoms with van der Waals surface area (Å²) in [5.41, 5.74) is 1.32. The number of thiazole rings is 1. The molecule has 0 saturated carbocycles. The van der Waals surface area contributed by atoms with Crippen molar-refractivity contribution in [3.63, 3.8) is 0 Å². The highest BCUT2D eigenvalue weighted by Crippen LogP contribution is 2.17. The van der Waals surface area contributed by atoms with Crippen LogP contribution < -0.4 is 10.2 Å². The fourth-order valence-electron chi connectivity index (χ4n) is 1.74. The van der Waals surface area contributed by atoms with Gasteiger partial charge in [0.05, 0.1) is 6.61 Å². The molecule has 2 amide bonds. The number of amides is 2. The predicted molar refractivity (Wildman–Crippen MR) is 91.6 cm³/mol. The zero-order valence-electron chi connectivity index (χ0n) is 12.9. The van der Waals surface area contributed by atoms with E-state index in [4.69, 9.17) is 4.74 Å². The average Bonchev–Trinajstić information content (AvgIpc) is 3.07. The van der Waals surface area contributed by atoms with Crippen LogP contribution in [0.2, 0.25) is 0 Å². The number of benzene rings is 1. The lowest BCUT2D eigenvalue weighted by Crippen LogP contribution is -2.26. The minimum absolute atomic E-state index is 0.244. The molecular formula is C16H17N3O3S. The molecule has 0 radical (unpaired) electrons. The Morgan fingerprint density at radius 2 is 2.09 bits per heavy atom. The molecule has 0 aliphatic rings. The van der Waals surface area contributed by atoms with Gasteiger partial charge in [0.2, 0.25) is 5.91 Å². The van der Waals surface area contributed by atoms with Crippen LogP contribution in [0.1, 0.15) is 11.9 Å². The summed E-state index contributed by atoms with van der Waals surface area (Å²) >= 11 is 1.46. The van der Waals surface area contributed by atoms with Crippen molar-refractivity contribution in [2.45, 2.75) is 6.92 Å². The van der Waals surface area contributed by atoms with Crippen molar-refractivity contribution < 1.29 is 14.3 Å². The summed E-state index contributed by atoms with van der Waals surface area (Å²) in [6, 6.07) is 6.91. The molecule has 1 heterocycles. The molecular weight excluding hydrogens is 314 g/mol. The van der Waals surface area contributed by atoms with E-state index in [1.54, 1.807) is 50.5 Å². The molecule has 1 aromatic heterocycles. The Kier molecular flexibility index (Phi) is 5.87. The summed E-state index contributed by atoms with van der Waals surface area (Å²) in [5, 5.41) is 5.35. The van der Waals surface area contributed by atoms with Crippen LogP contribution in [0.5, 0.6) is 0 Å². The number of nitrogens with one attached hydrogen (secondary N) is 1. The van der Waals surface area contributed by atoms with E-state index in [0.29, 0.717) is 18.0 Å². The van der Waals surface area contributed by atoms with Crippen LogP contribution in [0, 0.1) is 0 Å². The number of rotatable bonds is 5. The number of carbonyl (C=O) groups is 2. The van der Waals surface area contributed by atoms with Gasteiger partial charge in [-0.3, -0.25) is 9.69 Å². The maximum Gasteiger partial charge on any atom is 0.413 e. The van der Waals surface area contributed by atoms with Crippen molar-refractivity contribution >= 4 is 40.8 Å². The van der Waals surface area contributed by atoms with Gasteiger partial charge in [-0.25, -0.2) is 9.78 Å². The van der Waals surface area contributed by atoms with Crippen LogP contribution in [0.25, 0.3) is 6.08 Å². The van der Waals surface area contributed by atoms with Gasteiger partial charge in [-0.15, -0.1) is 11.3 Å². The van der Waals surface area contributed by atoms with Crippen molar-refractivity contribution in [3.8, 4) is 0 Å². The second-order valence-electron chi connectivity index (χ2n) is 4.50. The number of anilines is 2. The summed E-state index contributed by atoms with van der Waals surface area (Å²) in [4.78, 5) is 28.9. The van der Waals surface area contributed by atoms with E-state index in [9.17, 15) is 9.59 Å². The van der Waals surface area contributed by atoms with Gasteiger partial charge in [-0.1, -0.05) is 0 Å². The third kappa shape index (κ3) is 4.93. The van der Waals surface area contributed by atoms with Crippen LogP contribution in [-0.2, 0) is 9.53 Å². The van der Waals surface area contributed by atoms with E-state index in [-0.39, 0.29) is 5.91 Å². The van der Waals surface area contributed by atoms with E-state index in [1.807, 2.05) is 5.38 Å². The molecule has 2 aromatic rings. The Labute approximate surface area is 138 Å². The summed E-state index contributed by atoms with van der Waals surface area (Å²) < 4.78 is 4.92. The average molecular weight is 331 g/mol. The van der Waals surface area contributed by atoms with Crippen LogP contribution in [-0.4, -0.2) is 30.6 Å². The molecule has 2 rings (SSSR count). The first kappa shape index (κ1) is 16.7. The number of hydrogen-bond donors (Lipinski definition) is 1. The fraction of sp³-hybridized carbons (Fsp3) is 0.188. The standard InChI is InChI=1S/C16H17N3O3S/c1-3-22-16(21)19(2)13-6-4-12(5-7-13)18-14(20)8-9-15-17-10-11-23-15/h4-11H,3H2,1-2H3,(H,18,20)/b9-8-. The molecule has 0 unspecified atom stereocenters. The monoisotopic (exact) mass is 331 g/mol. The fourth-order valence-corrected chi connectivity index (χ4v) is 2.27. The van der Waals surface area contributed by atoms with Gasteiger partial charge >= 0.3 is 6.09 Å². The van der Waals surface area contributed by atoms with Crippen molar-refractivity contribution in [3.05, 3.63) is 46.9 Å². The minimum Gasteiger partial charge on any atom is -0.449 e. The molecule has 0 aliphatic carbocycles. The number of hydrogen-bond acceptors (Lipinski definition) is 5. The zero-order chi connectivity index (χ0) is 16.7. The SMILES string of the molecule is CCOC(=O)N(C)c1ccc(NC(=O)/C=C\c2nccs2)cc1.